The first-order valence-corrected chi connectivity index (χ1v) is 11.3. The highest BCUT2D eigenvalue weighted by atomic mass is 35.5. The van der Waals surface area contributed by atoms with Gasteiger partial charge in [0.25, 0.3) is 0 Å². The van der Waals surface area contributed by atoms with E-state index >= 15 is 0 Å². The molecule has 0 aliphatic rings. The molecule has 0 unspecified atom stereocenters. The fraction of sp³-hybridized carbons (Fsp3) is 0.222. The molecule has 0 bridgehead atoms. The summed E-state index contributed by atoms with van der Waals surface area (Å²) in [6, 6.07) is 26.0. The number of aromatic nitrogens is 1. The molecule has 0 aliphatic heterocycles. The van der Waals surface area contributed by atoms with Crippen molar-refractivity contribution in [3.63, 3.8) is 0 Å². The predicted molar refractivity (Wildman–Crippen MR) is 133 cm³/mol. The lowest BCUT2D eigenvalue weighted by Crippen LogP contribution is -2.37. The summed E-state index contributed by atoms with van der Waals surface area (Å²) in [5, 5.41) is 6.02. The number of carbonyl (C=O) groups is 1. The van der Waals surface area contributed by atoms with E-state index in [4.69, 9.17) is 11.6 Å². The number of carbonyl (C=O) groups excluding carboxylic acids is 1. The van der Waals surface area contributed by atoms with Crippen LogP contribution in [0.4, 0.5) is 10.5 Å². The predicted octanol–water partition coefficient (Wildman–Crippen LogP) is 7.03. The number of hydrogen-bond donors (Lipinski definition) is 1. The highest BCUT2D eigenvalue weighted by Crippen LogP contribution is 2.24. The van der Waals surface area contributed by atoms with Crippen molar-refractivity contribution >= 4 is 34.1 Å². The summed E-state index contributed by atoms with van der Waals surface area (Å²) in [4.78, 5) is 15.2. The number of hydrogen-bond acceptors (Lipinski definition) is 1. The molecule has 32 heavy (non-hydrogen) atoms. The molecular formula is C27H28ClN3O. The normalized spacial score (nSPS) is 11.1. The first kappa shape index (κ1) is 22.0. The first-order valence-electron chi connectivity index (χ1n) is 10.9. The molecular weight excluding hydrogens is 418 g/mol. The maximum atomic E-state index is 13.3. The number of halogens is 1. The van der Waals surface area contributed by atoms with Gasteiger partial charge in [-0.1, -0.05) is 74.0 Å². The van der Waals surface area contributed by atoms with Gasteiger partial charge in [-0.3, -0.25) is 0 Å². The van der Waals surface area contributed by atoms with Crippen LogP contribution < -0.4 is 5.32 Å². The Morgan fingerprint density at radius 1 is 1.00 bits per heavy atom. The maximum absolute atomic E-state index is 13.3. The molecule has 2 amide bonds. The van der Waals surface area contributed by atoms with Gasteiger partial charge in [-0.2, -0.15) is 0 Å². The molecule has 4 aromatic rings. The Hall–Kier alpha value is -3.24. The molecule has 0 fully saturated rings. The first-order chi connectivity index (χ1) is 15.5. The van der Waals surface area contributed by atoms with Gasteiger partial charge in [-0.15, -0.1) is 0 Å². The molecule has 0 saturated heterocycles. The topological polar surface area (TPSA) is 37.3 Å². The Morgan fingerprint density at radius 3 is 2.59 bits per heavy atom. The molecule has 0 saturated carbocycles. The third kappa shape index (κ3) is 5.32. The van der Waals surface area contributed by atoms with Crippen LogP contribution in [0.3, 0.4) is 0 Å². The molecule has 3 aromatic carbocycles. The maximum Gasteiger partial charge on any atom is 0.322 e. The number of amides is 2. The summed E-state index contributed by atoms with van der Waals surface area (Å²) in [5.74, 6) is 0.351. The lowest BCUT2D eigenvalue weighted by atomic mass is 10.1. The summed E-state index contributed by atoms with van der Waals surface area (Å²) in [6.07, 6.45) is 2.05. The van der Waals surface area contributed by atoms with Crippen molar-refractivity contribution in [2.75, 3.05) is 11.9 Å². The minimum absolute atomic E-state index is 0.0921. The molecule has 4 rings (SSSR count). The van der Waals surface area contributed by atoms with Crippen LogP contribution in [-0.4, -0.2) is 22.0 Å². The van der Waals surface area contributed by atoms with E-state index in [0.717, 1.165) is 32.7 Å². The van der Waals surface area contributed by atoms with Crippen LogP contribution in [0.15, 0.2) is 85.1 Å². The van der Waals surface area contributed by atoms with Crippen molar-refractivity contribution in [3.05, 3.63) is 101 Å². The molecule has 4 nitrogen and oxygen atoms in total. The number of benzene rings is 3. The molecule has 1 heterocycles. The minimum Gasteiger partial charge on any atom is -0.345 e. The van der Waals surface area contributed by atoms with Crippen molar-refractivity contribution in [3.8, 4) is 0 Å². The third-order valence-corrected chi connectivity index (χ3v) is 5.66. The van der Waals surface area contributed by atoms with Crippen molar-refractivity contribution in [2.45, 2.75) is 26.9 Å². The van der Waals surface area contributed by atoms with E-state index in [1.165, 1.54) is 0 Å². The van der Waals surface area contributed by atoms with Crippen molar-refractivity contribution in [1.82, 2.24) is 9.47 Å². The summed E-state index contributed by atoms with van der Waals surface area (Å²) < 4.78 is 2.17. The van der Waals surface area contributed by atoms with Crippen molar-refractivity contribution in [2.24, 2.45) is 5.92 Å². The van der Waals surface area contributed by atoms with E-state index in [1.54, 1.807) is 0 Å². The highest BCUT2D eigenvalue weighted by Gasteiger charge is 2.18. The average Bonchev–Trinajstić information content (AvgIpc) is 3.19. The lowest BCUT2D eigenvalue weighted by Gasteiger charge is -2.26. The Balaban J connectivity index is 1.54. The number of nitrogens with one attached hydrogen (secondary N) is 1. The standard InChI is InChI=1S/C27H28ClN3O/c1-20(2)17-31(27(32)29-26-14-6-10-22-9-3-4-13-25(22)26)19-24-12-7-15-30(24)18-21-8-5-11-23(28)16-21/h3-16,20H,17-19H2,1-2H3,(H,29,32). The summed E-state index contributed by atoms with van der Waals surface area (Å²) in [5.41, 5.74) is 3.04. The van der Waals surface area contributed by atoms with Crippen LogP contribution in [-0.2, 0) is 13.1 Å². The summed E-state index contributed by atoms with van der Waals surface area (Å²) in [6.45, 7) is 6.16. The lowest BCUT2D eigenvalue weighted by molar-refractivity contribution is 0.200. The van der Waals surface area contributed by atoms with Gasteiger partial charge in [-0.25, -0.2) is 4.79 Å². The van der Waals surface area contributed by atoms with Gasteiger partial charge in [0.1, 0.15) is 0 Å². The largest absolute Gasteiger partial charge is 0.345 e. The fourth-order valence-electron chi connectivity index (χ4n) is 3.96. The molecule has 0 radical (unpaired) electrons. The summed E-state index contributed by atoms with van der Waals surface area (Å²) in [7, 11) is 0. The number of rotatable bonds is 7. The molecule has 0 aliphatic carbocycles. The number of fused-ring (bicyclic) bond motifs is 1. The smallest absolute Gasteiger partial charge is 0.322 e. The Bertz CT molecular complexity index is 1210. The zero-order valence-corrected chi connectivity index (χ0v) is 19.2. The quantitative estimate of drug-likeness (QED) is 0.325. The van der Waals surface area contributed by atoms with Gasteiger partial charge in [-0.05, 0) is 47.2 Å². The molecule has 1 N–H and O–H groups in total. The number of anilines is 1. The van der Waals surface area contributed by atoms with Crippen LogP contribution in [0.5, 0.6) is 0 Å². The monoisotopic (exact) mass is 445 g/mol. The molecule has 164 valence electrons. The molecule has 0 spiro atoms. The van der Waals surface area contributed by atoms with E-state index in [-0.39, 0.29) is 6.03 Å². The average molecular weight is 446 g/mol. The second-order valence-corrected chi connectivity index (χ2v) is 8.93. The van der Waals surface area contributed by atoms with Crippen molar-refractivity contribution in [1.29, 1.82) is 0 Å². The highest BCUT2D eigenvalue weighted by molar-refractivity contribution is 6.30. The van der Waals surface area contributed by atoms with E-state index in [2.05, 4.69) is 48.0 Å². The molecule has 1 aromatic heterocycles. The van der Waals surface area contributed by atoms with Gasteiger partial charge in [0.05, 0.1) is 12.2 Å². The Kier molecular flexibility index (Phi) is 6.81. The molecule has 0 atom stereocenters. The Morgan fingerprint density at radius 2 is 1.78 bits per heavy atom. The van der Waals surface area contributed by atoms with Crippen LogP contribution in [0.1, 0.15) is 25.1 Å². The van der Waals surface area contributed by atoms with Gasteiger partial charge in [0, 0.05) is 35.4 Å². The van der Waals surface area contributed by atoms with E-state index in [1.807, 2.05) is 65.7 Å². The fourth-order valence-corrected chi connectivity index (χ4v) is 4.18. The molecule has 5 heteroatoms. The van der Waals surface area contributed by atoms with Crippen LogP contribution >= 0.6 is 11.6 Å². The summed E-state index contributed by atoms with van der Waals surface area (Å²) >= 11 is 6.16. The van der Waals surface area contributed by atoms with Gasteiger partial charge >= 0.3 is 6.03 Å². The van der Waals surface area contributed by atoms with E-state index < -0.39 is 0 Å². The van der Waals surface area contributed by atoms with Gasteiger partial charge in [0.15, 0.2) is 0 Å². The number of nitrogens with zero attached hydrogens (tertiary/aromatic N) is 2. The Labute approximate surface area is 194 Å². The van der Waals surface area contributed by atoms with E-state index in [9.17, 15) is 4.79 Å². The zero-order chi connectivity index (χ0) is 22.5. The second-order valence-electron chi connectivity index (χ2n) is 8.49. The van der Waals surface area contributed by atoms with Crippen LogP contribution in [0.2, 0.25) is 5.02 Å². The van der Waals surface area contributed by atoms with Crippen LogP contribution in [0.25, 0.3) is 10.8 Å². The number of urea groups is 1. The van der Waals surface area contributed by atoms with Crippen LogP contribution in [0, 0.1) is 5.92 Å². The second kappa shape index (κ2) is 9.92. The SMILES string of the molecule is CC(C)CN(Cc1cccn1Cc1cccc(Cl)c1)C(=O)Nc1cccc2ccccc12. The van der Waals surface area contributed by atoms with Gasteiger partial charge in [0.2, 0.25) is 0 Å². The zero-order valence-electron chi connectivity index (χ0n) is 18.5. The van der Waals surface area contributed by atoms with Crippen molar-refractivity contribution < 1.29 is 4.79 Å². The minimum atomic E-state index is -0.0921. The van der Waals surface area contributed by atoms with Gasteiger partial charge < -0.3 is 14.8 Å². The van der Waals surface area contributed by atoms with E-state index in [0.29, 0.717) is 25.6 Å². The third-order valence-electron chi connectivity index (χ3n) is 5.42.